The zero-order valence-corrected chi connectivity index (χ0v) is 39.5. The molecule has 19 heteroatoms. The molecule has 0 spiro atoms. The summed E-state index contributed by atoms with van der Waals surface area (Å²) < 4.78 is 61.8. The number of pyridine rings is 1. The van der Waals surface area contributed by atoms with Crippen LogP contribution >= 0.6 is 0 Å². The zero-order valence-electron chi connectivity index (χ0n) is 39.5. The van der Waals surface area contributed by atoms with E-state index in [-0.39, 0.29) is 61.8 Å². The molecule has 0 radical (unpaired) electrons. The number of hydrogen-bond acceptors (Lipinski definition) is 11. The van der Waals surface area contributed by atoms with Gasteiger partial charge < -0.3 is 59.7 Å². The minimum absolute atomic E-state index is 0.00464. The number of aliphatic hydroxyl groups is 2. The maximum absolute atomic E-state index is 15.9. The molecule has 1 saturated carbocycles. The third-order valence-electron chi connectivity index (χ3n) is 14.1. The van der Waals surface area contributed by atoms with Crippen molar-refractivity contribution in [1.29, 1.82) is 0 Å². The average Bonchev–Trinajstić information content (AvgIpc) is 3.61. The molecule has 16 nitrogen and oxygen atoms in total. The summed E-state index contributed by atoms with van der Waals surface area (Å²) in [4.78, 5) is 46.8. The Hall–Kier alpha value is -6.67. The standard InChI is InChI=1S/C52H57F3N8O8/c1-50(2,45-21-33-20-41(40(53)23-42(33)63(45)27-39(65)29-64)60-49(68)51(13-14-51)35-5-10-43-44(22-35)71-52(54,55)70-43)30-69-18-16-56-46(66)28-61-17-12-32-19-34(24-58-47(32)61)48(67)57-15-11-31-3-8-38(9-4-31)62-25-36-6-7-37(26-62)59-36/h3-5,8-10,12,17,19-24,36-37,39,59,64-65H,6-7,11,13-16,18,25-30H2,1-2H3,(H,56,66)(H,57,67)(H,60,68)/t36-,37?,39-/m1/s1. The van der Waals surface area contributed by atoms with Gasteiger partial charge in [-0.25, -0.2) is 9.37 Å². The molecular weight excluding hydrogens is 922 g/mol. The van der Waals surface area contributed by atoms with Crippen LogP contribution in [0.1, 0.15) is 66.7 Å². The summed E-state index contributed by atoms with van der Waals surface area (Å²) in [6.07, 6.45) is 2.29. The molecule has 6 N–H and O–H groups in total. The first-order valence-electron chi connectivity index (χ1n) is 24.1. The van der Waals surface area contributed by atoms with Crippen LogP contribution in [0.4, 0.5) is 24.5 Å². The molecule has 3 aliphatic heterocycles. The maximum Gasteiger partial charge on any atom is 0.586 e. The van der Waals surface area contributed by atoms with Crippen molar-refractivity contribution in [3.63, 3.8) is 0 Å². The van der Waals surface area contributed by atoms with Gasteiger partial charge in [0.05, 0.1) is 54.7 Å². The minimum Gasteiger partial charge on any atom is -0.395 e. The van der Waals surface area contributed by atoms with Gasteiger partial charge in [0.1, 0.15) is 18.0 Å². The maximum atomic E-state index is 15.9. The number of carbonyl (C=O) groups is 3. The van der Waals surface area contributed by atoms with Crippen LogP contribution in [0.15, 0.2) is 85.2 Å². The normalized spacial score (nSPS) is 19.0. The van der Waals surface area contributed by atoms with Crippen LogP contribution in [0, 0.1) is 5.82 Å². The van der Waals surface area contributed by atoms with Gasteiger partial charge in [0.2, 0.25) is 11.8 Å². The number of amides is 3. The molecule has 3 amide bonds. The van der Waals surface area contributed by atoms with Crippen LogP contribution in [0.5, 0.6) is 11.5 Å². The smallest absolute Gasteiger partial charge is 0.395 e. The Labute approximate surface area is 407 Å². The largest absolute Gasteiger partial charge is 0.586 e. The fraction of sp³-hybridized carbons (Fsp3) is 0.423. The number of nitrogens with one attached hydrogen (secondary N) is 4. The van der Waals surface area contributed by atoms with Gasteiger partial charge in [0.15, 0.2) is 11.5 Å². The van der Waals surface area contributed by atoms with Crippen molar-refractivity contribution in [2.75, 3.05) is 56.2 Å². The molecule has 374 valence electrons. The van der Waals surface area contributed by atoms with Crippen LogP contribution in [0.25, 0.3) is 21.9 Å². The molecular formula is C52H57F3N8O8. The van der Waals surface area contributed by atoms with Crippen molar-refractivity contribution in [3.05, 3.63) is 113 Å². The first-order valence-corrected chi connectivity index (χ1v) is 24.1. The number of ether oxygens (including phenoxy) is 3. The predicted octanol–water partition coefficient (Wildman–Crippen LogP) is 5.50. The van der Waals surface area contributed by atoms with Crippen LogP contribution in [0.3, 0.4) is 0 Å². The Kier molecular flexibility index (Phi) is 12.9. The number of piperazine rings is 1. The highest BCUT2D eigenvalue weighted by Crippen LogP contribution is 2.52. The summed E-state index contributed by atoms with van der Waals surface area (Å²) in [5.74, 6) is -2.07. The Bertz CT molecular complexity index is 2980. The third kappa shape index (κ3) is 10.1. The molecule has 3 aromatic carbocycles. The van der Waals surface area contributed by atoms with E-state index in [9.17, 15) is 33.4 Å². The molecule has 3 aromatic heterocycles. The highest BCUT2D eigenvalue weighted by atomic mass is 19.3. The fourth-order valence-electron chi connectivity index (χ4n) is 10.2. The van der Waals surface area contributed by atoms with Gasteiger partial charge in [0.25, 0.3) is 5.91 Å². The van der Waals surface area contributed by atoms with Crippen molar-refractivity contribution < 1.29 is 52.0 Å². The Balaban J connectivity index is 0.706. The van der Waals surface area contributed by atoms with E-state index in [0.717, 1.165) is 24.0 Å². The van der Waals surface area contributed by atoms with Gasteiger partial charge in [-0.2, -0.15) is 0 Å². The van der Waals surface area contributed by atoms with Crippen LogP contribution in [-0.2, 0) is 44.7 Å². The topological polar surface area (TPSA) is 193 Å². The summed E-state index contributed by atoms with van der Waals surface area (Å²) >= 11 is 0. The number of benzene rings is 3. The summed E-state index contributed by atoms with van der Waals surface area (Å²) in [6.45, 7) is 6.30. The Morgan fingerprint density at radius 1 is 0.944 bits per heavy atom. The number of halogens is 3. The molecule has 1 aliphatic carbocycles. The van der Waals surface area contributed by atoms with Gasteiger partial charge in [0, 0.05) is 84.3 Å². The number of fused-ring (bicyclic) bond motifs is 5. The van der Waals surface area contributed by atoms with E-state index < -0.39 is 41.6 Å². The molecule has 3 atom stereocenters. The van der Waals surface area contributed by atoms with E-state index in [2.05, 4.69) is 64.9 Å². The molecule has 2 saturated heterocycles. The number of anilines is 2. The number of nitrogens with zero attached hydrogens (tertiary/aromatic N) is 4. The minimum atomic E-state index is -3.81. The molecule has 71 heavy (non-hydrogen) atoms. The second kappa shape index (κ2) is 19.2. The van der Waals surface area contributed by atoms with Crippen molar-refractivity contribution in [2.45, 2.75) is 94.4 Å². The van der Waals surface area contributed by atoms with Gasteiger partial charge in [-0.15, -0.1) is 8.78 Å². The number of alkyl halides is 2. The second-order valence-electron chi connectivity index (χ2n) is 19.8. The van der Waals surface area contributed by atoms with Gasteiger partial charge >= 0.3 is 6.29 Å². The number of carbonyl (C=O) groups excluding carboxylic acids is 3. The average molecular weight is 979 g/mol. The number of hydrogen-bond donors (Lipinski definition) is 6. The number of aromatic nitrogens is 3. The fourth-order valence-corrected chi connectivity index (χ4v) is 10.2. The Morgan fingerprint density at radius 3 is 2.45 bits per heavy atom. The molecule has 2 bridgehead atoms. The first-order chi connectivity index (χ1) is 34.1. The van der Waals surface area contributed by atoms with Crippen LogP contribution in [0.2, 0.25) is 0 Å². The van der Waals surface area contributed by atoms with Crippen molar-refractivity contribution in [1.82, 2.24) is 30.1 Å². The van der Waals surface area contributed by atoms with Gasteiger partial charge in [-0.3, -0.25) is 14.4 Å². The third-order valence-corrected chi connectivity index (χ3v) is 14.1. The molecule has 1 unspecified atom stereocenters. The molecule has 4 aliphatic rings. The van der Waals surface area contributed by atoms with Crippen molar-refractivity contribution in [3.8, 4) is 11.5 Å². The molecule has 3 fully saturated rings. The molecule has 6 heterocycles. The predicted molar refractivity (Wildman–Crippen MR) is 258 cm³/mol. The SMILES string of the molecule is CC(C)(COCCNC(=O)Cn1ccc2cc(C(=O)NCCc3ccc(N4CC5CC[C@H](C4)N5)cc3)cnc21)c1cc2cc(NC(=O)C3(c4ccc5c(c4)OC(F)(F)O5)CC3)c(F)cc2n1C[C@@H](O)CO. The Morgan fingerprint density at radius 2 is 1.70 bits per heavy atom. The lowest BCUT2D eigenvalue weighted by Crippen LogP contribution is -2.51. The highest BCUT2D eigenvalue weighted by molar-refractivity contribution is 6.03. The second-order valence-corrected chi connectivity index (χ2v) is 19.8. The molecule has 10 rings (SSSR count). The molecule has 6 aromatic rings. The van der Waals surface area contributed by atoms with E-state index in [4.69, 9.17) is 4.74 Å². The van der Waals surface area contributed by atoms with E-state index >= 15 is 4.39 Å². The lowest BCUT2D eigenvalue weighted by Gasteiger charge is -2.34. The number of aliphatic hydroxyl groups excluding tert-OH is 2. The first kappa shape index (κ1) is 48.0. The van der Waals surface area contributed by atoms with Crippen molar-refractivity contribution >= 4 is 51.0 Å². The van der Waals surface area contributed by atoms with Crippen LogP contribution in [-0.4, -0.2) is 113 Å². The summed E-state index contributed by atoms with van der Waals surface area (Å²) in [7, 11) is 0. The summed E-state index contributed by atoms with van der Waals surface area (Å²) in [6, 6.07) is 22.1. The lowest BCUT2D eigenvalue weighted by molar-refractivity contribution is -0.286. The summed E-state index contributed by atoms with van der Waals surface area (Å²) in [5.41, 5.74) is 3.00. The van der Waals surface area contributed by atoms with E-state index in [1.165, 1.54) is 55.1 Å². The van der Waals surface area contributed by atoms with E-state index in [1.807, 2.05) is 26.0 Å². The van der Waals surface area contributed by atoms with Gasteiger partial charge in [-0.05, 0) is 91.8 Å². The zero-order chi connectivity index (χ0) is 49.7. The number of rotatable bonds is 19. The monoisotopic (exact) mass is 978 g/mol. The van der Waals surface area contributed by atoms with E-state index in [1.54, 1.807) is 21.4 Å². The van der Waals surface area contributed by atoms with Crippen molar-refractivity contribution in [2.24, 2.45) is 0 Å². The van der Waals surface area contributed by atoms with E-state index in [0.29, 0.717) is 71.3 Å². The van der Waals surface area contributed by atoms with Gasteiger partial charge in [-0.1, -0.05) is 32.0 Å². The quantitative estimate of drug-likeness (QED) is 0.0562. The highest BCUT2D eigenvalue weighted by Gasteiger charge is 2.53. The van der Waals surface area contributed by atoms with Crippen LogP contribution < -0.4 is 35.6 Å². The lowest BCUT2D eigenvalue weighted by atomic mass is 9.90. The summed E-state index contributed by atoms with van der Waals surface area (Å²) in [5, 5.41) is 33.8.